The van der Waals surface area contributed by atoms with Crippen LogP contribution in [0, 0.1) is 0 Å². The van der Waals surface area contributed by atoms with Gasteiger partial charge in [-0.1, -0.05) is 37.5 Å². The van der Waals surface area contributed by atoms with Crippen molar-refractivity contribution in [1.29, 1.82) is 0 Å². The minimum absolute atomic E-state index is 0.519. The van der Waals surface area contributed by atoms with E-state index in [0.717, 1.165) is 18.1 Å². The van der Waals surface area contributed by atoms with E-state index in [4.69, 9.17) is 0 Å². The quantitative estimate of drug-likeness (QED) is 0.910. The first-order chi connectivity index (χ1) is 10.9. The first-order valence-electron chi connectivity index (χ1n) is 8.15. The summed E-state index contributed by atoms with van der Waals surface area (Å²) in [6.07, 6.45) is 8.10. The van der Waals surface area contributed by atoms with Gasteiger partial charge in [0.25, 0.3) is 5.95 Å². The van der Waals surface area contributed by atoms with Gasteiger partial charge >= 0.3 is 0 Å². The largest absolute Gasteiger partial charge is 0.366 e. The molecule has 5 heteroatoms. The van der Waals surface area contributed by atoms with E-state index in [2.05, 4.69) is 44.5 Å². The number of rotatable bonds is 5. The summed E-state index contributed by atoms with van der Waals surface area (Å²) in [5.41, 5.74) is 1.08. The van der Waals surface area contributed by atoms with Crippen LogP contribution in [0.25, 0.3) is 0 Å². The predicted molar refractivity (Wildman–Crippen MR) is 89.4 cm³/mol. The van der Waals surface area contributed by atoms with Gasteiger partial charge in [-0.05, 0) is 31.9 Å². The zero-order valence-electron chi connectivity index (χ0n) is 13.1. The molecule has 1 aliphatic rings. The Hall–Kier alpha value is -2.17. The molecule has 1 fully saturated rings. The van der Waals surface area contributed by atoms with Gasteiger partial charge in [0.05, 0.1) is 6.20 Å². The number of anilines is 3. The fourth-order valence-electron chi connectivity index (χ4n) is 2.98. The van der Waals surface area contributed by atoms with Gasteiger partial charge in [0.2, 0.25) is 0 Å². The van der Waals surface area contributed by atoms with E-state index >= 15 is 0 Å². The minimum Gasteiger partial charge on any atom is -0.366 e. The summed E-state index contributed by atoms with van der Waals surface area (Å²) in [6.45, 7) is 2.90. The Kier molecular flexibility index (Phi) is 4.83. The fourth-order valence-corrected chi connectivity index (χ4v) is 2.98. The van der Waals surface area contributed by atoms with Gasteiger partial charge in [-0.25, -0.2) is 0 Å². The van der Waals surface area contributed by atoms with Gasteiger partial charge in [-0.3, -0.25) is 0 Å². The summed E-state index contributed by atoms with van der Waals surface area (Å²) in [5.74, 6) is 1.47. The van der Waals surface area contributed by atoms with Gasteiger partial charge in [0.1, 0.15) is 0 Å². The van der Waals surface area contributed by atoms with E-state index in [1.165, 1.54) is 32.1 Å². The summed E-state index contributed by atoms with van der Waals surface area (Å²) < 4.78 is 0. The van der Waals surface area contributed by atoms with Crippen molar-refractivity contribution in [3.63, 3.8) is 0 Å². The van der Waals surface area contributed by atoms with Crippen molar-refractivity contribution in [3.8, 4) is 0 Å². The molecule has 0 bridgehead atoms. The molecule has 0 unspecified atom stereocenters. The number of hydrogen-bond acceptors (Lipinski definition) is 5. The van der Waals surface area contributed by atoms with Crippen LogP contribution in [0.4, 0.5) is 17.5 Å². The molecule has 0 aliphatic heterocycles. The van der Waals surface area contributed by atoms with E-state index in [1.807, 2.05) is 18.2 Å². The van der Waals surface area contributed by atoms with Gasteiger partial charge in [-0.2, -0.15) is 10.1 Å². The SMILES string of the molecule is CCN(c1ccccc1)c1nncc(NC2CCCCC2)n1. The molecular formula is C17H23N5. The molecule has 2 aromatic rings. The topological polar surface area (TPSA) is 53.9 Å². The van der Waals surface area contributed by atoms with Gasteiger partial charge < -0.3 is 10.2 Å². The Balaban J connectivity index is 1.77. The van der Waals surface area contributed by atoms with E-state index < -0.39 is 0 Å². The summed E-state index contributed by atoms with van der Waals surface area (Å²) in [5, 5.41) is 11.8. The van der Waals surface area contributed by atoms with Gasteiger partial charge in [0, 0.05) is 18.3 Å². The molecule has 1 aromatic carbocycles. The van der Waals surface area contributed by atoms with Crippen LogP contribution in [0.1, 0.15) is 39.0 Å². The van der Waals surface area contributed by atoms with Crippen molar-refractivity contribution >= 4 is 17.5 Å². The molecule has 0 saturated heterocycles. The Labute approximate surface area is 131 Å². The molecule has 0 spiro atoms. The number of nitrogens with zero attached hydrogens (tertiary/aromatic N) is 4. The second-order valence-electron chi connectivity index (χ2n) is 5.70. The Morgan fingerprint density at radius 3 is 2.64 bits per heavy atom. The lowest BCUT2D eigenvalue weighted by molar-refractivity contribution is 0.461. The summed E-state index contributed by atoms with van der Waals surface area (Å²) in [6, 6.07) is 10.7. The molecule has 1 aliphatic carbocycles. The molecule has 5 nitrogen and oxygen atoms in total. The van der Waals surface area contributed by atoms with Crippen molar-refractivity contribution < 1.29 is 0 Å². The molecule has 0 radical (unpaired) electrons. The van der Waals surface area contributed by atoms with E-state index in [1.54, 1.807) is 6.20 Å². The molecule has 0 atom stereocenters. The van der Waals surface area contributed by atoms with E-state index in [0.29, 0.717) is 12.0 Å². The number of para-hydroxylation sites is 1. The maximum absolute atomic E-state index is 4.66. The number of aromatic nitrogens is 3. The van der Waals surface area contributed by atoms with Crippen LogP contribution in [-0.4, -0.2) is 27.8 Å². The molecule has 1 aromatic heterocycles. The van der Waals surface area contributed by atoms with Crippen molar-refractivity contribution in [2.75, 3.05) is 16.8 Å². The van der Waals surface area contributed by atoms with Crippen LogP contribution in [-0.2, 0) is 0 Å². The molecule has 0 amide bonds. The van der Waals surface area contributed by atoms with Crippen molar-refractivity contribution in [2.24, 2.45) is 0 Å². The predicted octanol–water partition coefficient (Wildman–Crippen LogP) is 3.77. The average molecular weight is 297 g/mol. The van der Waals surface area contributed by atoms with Crippen molar-refractivity contribution in [3.05, 3.63) is 36.5 Å². The number of nitrogens with one attached hydrogen (secondary N) is 1. The first-order valence-corrected chi connectivity index (χ1v) is 8.15. The lowest BCUT2D eigenvalue weighted by Crippen LogP contribution is -2.24. The van der Waals surface area contributed by atoms with Gasteiger partial charge in [-0.15, -0.1) is 5.10 Å². The van der Waals surface area contributed by atoms with E-state index in [9.17, 15) is 0 Å². The Bertz CT molecular complexity index is 581. The summed E-state index contributed by atoms with van der Waals surface area (Å²) in [4.78, 5) is 6.72. The second kappa shape index (κ2) is 7.20. The zero-order valence-corrected chi connectivity index (χ0v) is 13.1. The fraction of sp³-hybridized carbons (Fsp3) is 0.471. The molecule has 116 valence electrons. The van der Waals surface area contributed by atoms with Crippen molar-refractivity contribution in [1.82, 2.24) is 15.2 Å². The smallest absolute Gasteiger partial charge is 0.251 e. The standard InChI is InChI=1S/C17H23N5/c1-2-22(15-11-7-4-8-12-15)17-20-16(13-18-21-17)19-14-9-5-3-6-10-14/h4,7-8,11-14H,2-3,5-6,9-10H2,1H3,(H,19,20,21). The third-order valence-electron chi connectivity index (χ3n) is 4.13. The maximum Gasteiger partial charge on any atom is 0.251 e. The molecule has 1 heterocycles. The Morgan fingerprint density at radius 2 is 1.91 bits per heavy atom. The highest BCUT2D eigenvalue weighted by Gasteiger charge is 2.15. The lowest BCUT2D eigenvalue weighted by atomic mass is 9.96. The third kappa shape index (κ3) is 3.53. The highest BCUT2D eigenvalue weighted by molar-refractivity contribution is 5.57. The minimum atomic E-state index is 0.519. The number of hydrogen-bond donors (Lipinski definition) is 1. The zero-order chi connectivity index (χ0) is 15.2. The molecule has 1 N–H and O–H groups in total. The number of benzene rings is 1. The highest BCUT2D eigenvalue weighted by atomic mass is 15.3. The molecular weight excluding hydrogens is 274 g/mol. The van der Waals surface area contributed by atoms with Crippen molar-refractivity contribution in [2.45, 2.75) is 45.1 Å². The monoisotopic (exact) mass is 297 g/mol. The molecule has 1 saturated carbocycles. The maximum atomic E-state index is 4.66. The second-order valence-corrected chi connectivity index (χ2v) is 5.70. The van der Waals surface area contributed by atoms with Crippen LogP contribution in [0.2, 0.25) is 0 Å². The van der Waals surface area contributed by atoms with Gasteiger partial charge in [0.15, 0.2) is 5.82 Å². The third-order valence-corrected chi connectivity index (χ3v) is 4.13. The normalized spacial score (nSPS) is 15.5. The molecule has 22 heavy (non-hydrogen) atoms. The highest BCUT2D eigenvalue weighted by Crippen LogP contribution is 2.23. The Morgan fingerprint density at radius 1 is 1.14 bits per heavy atom. The summed E-state index contributed by atoms with van der Waals surface area (Å²) >= 11 is 0. The average Bonchev–Trinajstić information content (AvgIpc) is 2.58. The molecule has 3 rings (SSSR count). The van der Waals surface area contributed by atoms with Crippen LogP contribution >= 0.6 is 0 Å². The van der Waals surface area contributed by atoms with Crippen LogP contribution in [0.15, 0.2) is 36.5 Å². The lowest BCUT2D eigenvalue weighted by Gasteiger charge is -2.24. The van der Waals surface area contributed by atoms with Crippen LogP contribution in [0.3, 0.4) is 0 Å². The van der Waals surface area contributed by atoms with Crippen LogP contribution in [0.5, 0.6) is 0 Å². The van der Waals surface area contributed by atoms with Crippen LogP contribution < -0.4 is 10.2 Å². The first kappa shape index (κ1) is 14.8. The summed E-state index contributed by atoms with van der Waals surface area (Å²) in [7, 11) is 0. The van der Waals surface area contributed by atoms with E-state index in [-0.39, 0.29) is 0 Å².